The van der Waals surface area contributed by atoms with Crippen molar-refractivity contribution in [2.75, 3.05) is 11.1 Å². The van der Waals surface area contributed by atoms with Gasteiger partial charge in [-0.3, -0.25) is 9.20 Å². The Morgan fingerprint density at radius 2 is 2.29 bits per heavy atom. The number of carbonyl (C=O) groups excluding carboxylic acids is 1. The molecule has 9 heteroatoms. The van der Waals surface area contributed by atoms with Crippen LogP contribution in [0.2, 0.25) is 0 Å². The van der Waals surface area contributed by atoms with Crippen LogP contribution in [0.25, 0.3) is 5.78 Å². The second-order valence-electron chi connectivity index (χ2n) is 7.16. The molecule has 1 N–H and O–H groups in total. The fraction of sp³-hybridized carbons (Fsp3) is 0.421. The molecule has 28 heavy (non-hydrogen) atoms. The van der Waals surface area contributed by atoms with Crippen molar-refractivity contribution in [2.45, 2.75) is 45.2 Å². The fourth-order valence-electron chi connectivity index (χ4n) is 3.54. The molecule has 144 valence electrons. The molecule has 3 heterocycles. The Kier molecular flexibility index (Phi) is 5.08. The van der Waals surface area contributed by atoms with E-state index >= 15 is 0 Å². The first-order valence-corrected chi connectivity index (χ1v) is 10.9. The SMILES string of the molecule is Cc1cc(C)n2c(SCC(=O)Nc3sc4c(c3C#N)CC[C@H](C)C4)nnc2n1. The van der Waals surface area contributed by atoms with Gasteiger partial charge < -0.3 is 5.32 Å². The first kappa shape index (κ1) is 18.9. The second kappa shape index (κ2) is 7.53. The maximum atomic E-state index is 12.5. The molecule has 3 aromatic heterocycles. The van der Waals surface area contributed by atoms with Gasteiger partial charge in [-0.15, -0.1) is 21.5 Å². The van der Waals surface area contributed by atoms with Crippen LogP contribution in [0.3, 0.4) is 0 Å². The Balaban J connectivity index is 1.48. The number of nitrogens with one attached hydrogen (secondary N) is 1. The summed E-state index contributed by atoms with van der Waals surface area (Å²) in [5.41, 5.74) is 3.61. The van der Waals surface area contributed by atoms with Gasteiger partial charge in [-0.1, -0.05) is 18.7 Å². The van der Waals surface area contributed by atoms with Gasteiger partial charge in [0.05, 0.1) is 11.3 Å². The summed E-state index contributed by atoms with van der Waals surface area (Å²) in [6.45, 7) is 6.10. The minimum Gasteiger partial charge on any atom is -0.316 e. The van der Waals surface area contributed by atoms with Gasteiger partial charge >= 0.3 is 0 Å². The summed E-state index contributed by atoms with van der Waals surface area (Å²) in [7, 11) is 0. The largest absolute Gasteiger partial charge is 0.316 e. The molecular weight excluding hydrogens is 392 g/mol. The average Bonchev–Trinajstić information content (AvgIpc) is 3.19. The highest BCUT2D eigenvalue weighted by Gasteiger charge is 2.24. The molecular formula is C19H20N6OS2. The lowest BCUT2D eigenvalue weighted by molar-refractivity contribution is -0.113. The van der Waals surface area contributed by atoms with Crippen molar-refractivity contribution in [2.24, 2.45) is 5.92 Å². The number of hydrogen-bond acceptors (Lipinski definition) is 7. The zero-order chi connectivity index (χ0) is 19.8. The predicted molar refractivity (Wildman–Crippen MR) is 110 cm³/mol. The molecule has 0 spiro atoms. The molecule has 0 saturated heterocycles. The Hall–Kier alpha value is -2.44. The van der Waals surface area contributed by atoms with Gasteiger partial charge in [0.1, 0.15) is 11.1 Å². The molecule has 0 fully saturated rings. The zero-order valence-electron chi connectivity index (χ0n) is 15.9. The first-order valence-electron chi connectivity index (χ1n) is 9.13. The van der Waals surface area contributed by atoms with E-state index in [2.05, 4.69) is 33.5 Å². The third-order valence-corrected chi connectivity index (χ3v) is 6.97. The summed E-state index contributed by atoms with van der Waals surface area (Å²) in [6.07, 6.45) is 2.99. The van der Waals surface area contributed by atoms with Crippen LogP contribution in [0.15, 0.2) is 11.2 Å². The molecule has 4 rings (SSSR count). The van der Waals surface area contributed by atoms with Crippen LogP contribution in [-0.2, 0) is 17.6 Å². The summed E-state index contributed by atoms with van der Waals surface area (Å²) in [6, 6.07) is 4.24. The van der Waals surface area contributed by atoms with Crippen LogP contribution in [-0.4, -0.2) is 31.2 Å². The monoisotopic (exact) mass is 412 g/mol. The molecule has 1 atom stereocenters. The van der Waals surface area contributed by atoms with Crippen molar-refractivity contribution in [3.05, 3.63) is 33.5 Å². The lowest BCUT2D eigenvalue weighted by atomic mass is 9.89. The second-order valence-corrected chi connectivity index (χ2v) is 9.21. The lowest BCUT2D eigenvalue weighted by Gasteiger charge is -2.17. The Bertz CT molecular complexity index is 1110. The van der Waals surface area contributed by atoms with Gasteiger partial charge in [-0.2, -0.15) is 5.26 Å². The van der Waals surface area contributed by atoms with Crippen LogP contribution in [0, 0.1) is 31.1 Å². The Morgan fingerprint density at radius 1 is 1.46 bits per heavy atom. The third-order valence-electron chi connectivity index (χ3n) is 4.87. The lowest BCUT2D eigenvalue weighted by Crippen LogP contribution is -2.14. The fourth-order valence-corrected chi connectivity index (χ4v) is 5.71. The van der Waals surface area contributed by atoms with Crippen molar-refractivity contribution in [1.29, 1.82) is 5.26 Å². The van der Waals surface area contributed by atoms with E-state index in [4.69, 9.17) is 0 Å². The number of nitriles is 1. The number of thioether (sulfide) groups is 1. The van der Waals surface area contributed by atoms with Crippen molar-refractivity contribution in [3.8, 4) is 6.07 Å². The van der Waals surface area contributed by atoms with Crippen LogP contribution in [0.5, 0.6) is 0 Å². The average molecular weight is 413 g/mol. The van der Waals surface area contributed by atoms with Crippen LogP contribution in [0.4, 0.5) is 5.00 Å². The number of amides is 1. The molecule has 0 bridgehead atoms. The molecule has 1 aliphatic rings. The van der Waals surface area contributed by atoms with E-state index in [1.807, 2.05) is 24.3 Å². The first-order chi connectivity index (χ1) is 13.5. The standard InChI is InChI=1S/C19H20N6OS2/c1-10-4-5-13-14(8-20)17(28-15(13)6-10)22-16(26)9-27-19-24-23-18-21-11(2)7-12(3)25(18)19/h7,10H,4-6,9H2,1-3H3,(H,22,26)/t10-/m0/s1. The summed E-state index contributed by atoms with van der Waals surface area (Å²) >= 11 is 2.85. The molecule has 0 radical (unpaired) electrons. The molecule has 0 aliphatic heterocycles. The van der Waals surface area contributed by atoms with Crippen LogP contribution >= 0.6 is 23.1 Å². The molecule has 7 nitrogen and oxygen atoms in total. The number of carbonyl (C=O) groups is 1. The van der Waals surface area contributed by atoms with Crippen molar-refractivity contribution < 1.29 is 4.79 Å². The molecule has 1 aliphatic carbocycles. The number of fused-ring (bicyclic) bond motifs is 2. The zero-order valence-corrected chi connectivity index (χ0v) is 17.6. The Labute approximate surface area is 171 Å². The maximum absolute atomic E-state index is 12.5. The molecule has 3 aromatic rings. The third kappa shape index (κ3) is 3.50. The highest BCUT2D eigenvalue weighted by Crippen LogP contribution is 2.39. The van der Waals surface area contributed by atoms with Gasteiger partial charge in [-0.05, 0) is 50.7 Å². The minimum absolute atomic E-state index is 0.150. The summed E-state index contributed by atoms with van der Waals surface area (Å²) < 4.78 is 1.84. The molecule has 0 saturated carbocycles. The van der Waals surface area contributed by atoms with Gasteiger partial charge in [0, 0.05) is 16.3 Å². The number of anilines is 1. The highest BCUT2D eigenvalue weighted by atomic mass is 32.2. The van der Waals surface area contributed by atoms with Crippen LogP contribution in [0.1, 0.15) is 40.7 Å². The van der Waals surface area contributed by atoms with Gasteiger partial charge in [0.15, 0.2) is 5.16 Å². The van der Waals surface area contributed by atoms with Gasteiger partial charge in [-0.25, -0.2) is 4.98 Å². The number of thiophene rings is 1. The minimum atomic E-state index is -0.150. The summed E-state index contributed by atoms with van der Waals surface area (Å²) in [5, 5.41) is 22.0. The Morgan fingerprint density at radius 3 is 3.07 bits per heavy atom. The smallest absolute Gasteiger partial charge is 0.256 e. The molecule has 0 unspecified atom stereocenters. The van der Waals surface area contributed by atoms with E-state index in [0.29, 0.717) is 27.4 Å². The quantitative estimate of drug-likeness (QED) is 0.659. The number of aromatic nitrogens is 4. The normalized spacial score (nSPS) is 16.0. The van der Waals surface area contributed by atoms with E-state index < -0.39 is 0 Å². The molecule has 1 amide bonds. The van der Waals surface area contributed by atoms with E-state index in [9.17, 15) is 10.1 Å². The van der Waals surface area contributed by atoms with Crippen molar-refractivity contribution >= 4 is 39.8 Å². The van der Waals surface area contributed by atoms with Crippen LogP contribution < -0.4 is 5.32 Å². The highest BCUT2D eigenvalue weighted by molar-refractivity contribution is 7.99. The van der Waals surface area contributed by atoms with Crippen molar-refractivity contribution in [3.63, 3.8) is 0 Å². The van der Waals surface area contributed by atoms with Gasteiger partial charge in [0.2, 0.25) is 5.91 Å². The number of nitrogens with zero attached hydrogens (tertiary/aromatic N) is 5. The number of rotatable bonds is 4. The summed E-state index contributed by atoms with van der Waals surface area (Å²) in [4.78, 5) is 18.1. The summed E-state index contributed by atoms with van der Waals surface area (Å²) in [5.74, 6) is 1.20. The molecule has 0 aromatic carbocycles. The van der Waals surface area contributed by atoms with E-state index in [-0.39, 0.29) is 11.7 Å². The topological polar surface area (TPSA) is 96.0 Å². The van der Waals surface area contributed by atoms with E-state index in [1.54, 1.807) is 11.3 Å². The van der Waals surface area contributed by atoms with E-state index in [0.717, 1.165) is 36.2 Å². The predicted octanol–water partition coefficient (Wildman–Crippen LogP) is 3.53. The number of hydrogen-bond donors (Lipinski definition) is 1. The maximum Gasteiger partial charge on any atom is 0.256 e. The van der Waals surface area contributed by atoms with E-state index in [1.165, 1.54) is 16.6 Å². The van der Waals surface area contributed by atoms with Gasteiger partial charge in [0.25, 0.3) is 5.78 Å². The van der Waals surface area contributed by atoms with Crippen molar-refractivity contribution in [1.82, 2.24) is 19.6 Å². The number of aryl methyl sites for hydroxylation is 2.